The number of ether oxygens (including phenoxy) is 2. The van der Waals surface area contributed by atoms with Gasteiger partial charge in [0, 0.05) is 63.3 Å². The summed E-state index contributed by atoms with van der Waals surface area (Å²) in [6.07, 6.45) is 5.26. The van der Waals surface area contributed by atoms with Gasteiger partial charge in [-0.15, -0.1) is 0 Å². The summed E-state index contributed by atoms with van der Waals surface area (Å²) in [5, 5.41) is 0. The van der Waals surface area contributed by atoms with Crippen LogP contribution in [0.4, 0.5) is 11.5 Å². The van der Waals surface area contributed by atoms with Crippen molar-refractivity contribution in [3.63, 3.8) is 0 Å². The Balaban J connectivity index is 1.39. The maximum absolute atomic E-state index is 13.0. The van der Waals surface area contributed by atoms with Gasteiger partial charge in [0.25, 0.3) is 0 Å². The van der Waals surface area contributed by atoms with E-state index >= 15 is 0 Å². The molecule has 2 aromatic rings. The normalized spacial score (nSPS) is 19.2. The Bertz CT molecular complexity index is 915. The van der Waals surface area contributed by atoms with Gasteiger partial charge >= 0.3 is 0 Å². The van der Waals surface area contributed by atoms with E-state index in [1.165, 1.54) is 0 Å². The molecule has 2 fully saturated rings. The van der Waals surface area contributed by atoms with Crippen molar-refractivity contribution in [3.05, 3.63) is 36.8 Å². The number of benzene rings is 1. The number of piperazine rings is 1. The average Bonchev–Trinajstić information content (AvgIpc) is 3.20. The van der Waals surface area contributed by atoms with Crippen molar-refractivity contribution in [3.8, 4) is 11.5 Å². The molecule has 0 spiro atoms. The van der Waals surface area contributed by atoms with Crippen molar-refractivity contribution in [2.24, 2.45) is 5.92 Å². The highest BCUT2D eigenvalue weighted by Gasteiger charge is 2.38. The first-order valence-corrected chi connectivity index (χ1v) is 9.93. The van der Waals surface area contributed by atoms with Crippen LogP contribution in [0, 0.1) is 5.92 Å². The van der Waals surface area contributed by atoms with Gasteiger partial charge in [-0.2, -0.15) is 0 Å². The summed E-state index contributed by atoms with van der Waals surface area (Å²) in [6.45, 7) is 2.99. The van der Waals surface area contributed by atoms with E-state index < -0.39 is 0 Å². The number of hydrogen-bond acceptors (Lipinski definition) is 7. The molecule has 0 saturated carbocycles. The number of nitrogens with zero attached hydrogens (tertiary/aromatic N) is 5. The number of methoxy groups -OCH3 is 2. The highest BCUT2D eigenvalue weighted by atomic mass is 16.5. The van der Waals surface area contributed by atoms with E-state index in [2.05, 4.69) is 14.9 Å². The topological polar surface area (TPSA) is 88.1 Å². The summed E-state index contributed by atoms with van der Waals surface area (Å²) < 4.78 is 10.6. The van der Waals surface area contributed by atoms with E-state index in [1.54, 1.807) is 49.8 Å². The van der Waals surface area contributed by atoms with Crippen LogP contribution in [0.15, 0.2) is 36.8 Å². The van der Waals surface area contributed by atoms with Crippen molar-refractivity contribution in [1.82, 2.24) is 14.9 Å². The molecule has 2 aliphatic heterocycles. The average molecular weight is 411 g/mol. The van der Waals surface area contributed by atoms with Gasteiger partial charge in [0.15, 0.2) is 11.5 Å². The van der Waals surface area contributed by atoms with Gasteiger partial charge < -0.3 is 24.2 Å². The maximum Gasteiger partial charge on any atom is 0.228 e. The first-order valence-electron chi connectivity index (χ1n) is 9.93. The number of amides is 2. The van der Waals surface area contributed by atoms with Gasteiger partial charge in [0.1, 0.15) is 5.82 Å². The van der Waals surface area contributed by atoms with Crippen molar-refractivity contribution in [2.75, 3.05) is 56.7 Å². The van der Waals surface area contributed by atoms with Crippen LogP contribution in [0.3, 0.4) is 0 Å². The van der Waals surface area contributed by atoms with E-state index in [-0.39, 0.29) is 24.2 Å². The van der Waals surface area contributed by atoms with Crippen LogP contribution in [0.1, 0.15) is 6.42 Å². The molecule has 2 aliphatic rings. The van der Waals surface area contributed by atoms with Gasteiger partial charge in [0.05, 0.1) is 26.3 Å². The number of rotatable bonds is 5. The Morgan fingerprint density at radius 1 is 1.07 bits per heavy atom. The van der Waals surface area contributed by atoms with Gasteiger partial charge in [-0.1, -0.05) is 0 Å². The van der Waals surface area contributed by atoms with Gasteiger partial charge in [-0.25, -0.2) is 4.98 Å². The third-order valence-corrected chi connectivity index (χ3v) is 5.62. The minimum atomic E-state index is -0.339. The van der Waals surface area contributed by atoms with Crippen LogP contribution in [-0.2, 0) is 9.59 Å². The number of carbonyl (C=O) groups is 2. The predicted molar refractivity (Wildman–Crippen MR) is 111 cm³/mol. The lowest BCUT2D eigenvalue weighted by Crippen LogP contribution is -2.51. The zero-order valence-corrected chi connectivity index (χ0v) is 17.2. The lowest BCUT2D eigenvalue weighted by molar-refractivity contribution is -0.136. The molecular formula is C21H25N5O4. The molecule has 158 valence electrons. The molecular weight excluding hydrogens is 386 g/mol. The maximum atomic E-state index is 13.0. The molecule has 1 aromatic heterocycles. The Hall–Kier alpha value is -3.36. The Labute approximate surface area is 175 Å². The van der Waals surface area contributed by atoms with E-state index in [9.17, 15) is 9.59 Å². The molecule has 0 N–H and O–H groups in total. The third-order valence-electron chi connectivity index (χ3n) is 5.62. The van der Waals surface area contributed by atoms with Gasteiger partial charge in [-0.05, 0) is 12.1 Å². The fourth-order valence-electron chi connectivity index (χ4n) is 3.98. The lowest BCUT2D eigenvalue weighted by Gasteiger charge is -2.36. The van der Waals surface area contributed by atoms with Crippen LogP contribution in [0.25, 0.3) is 0 Å². The Morgan fingerprint density at radius 2 is 1.83 bits per heavy atom. The molecule has 2 saturated heterocycles. The minimum absolute atomic E-state index is 0.0325. The van der Waals surface area contributed by atoms with E-state index in [0.717, 1.165) is 5.82 Å². The van der Waals surface area contributed by atoms with Crippen LogP contribution in [0.5, 0.6) is 11.5 Å². The Morgan fingerprint density at radius 3 is 2.50 bits per heavy atom. The molecule has 0 aliphatic carbocycles. The summed E-state index contributed by atoms with van der Waals surface area (Å²) in [6, 6.07) is 5.34. The molecule has 9 nitrogen and oxygen atoms in total. The van der Waals surface area contributed by atoms with E-state index in [0.29, 0.717) is 49.9 Å². The van der Waals surface area contributed by atoms with E-state index in [1.807, 2.05) is 11.0 Å². The molecule has 0 radical (unpaired) electrons. The summed E-state index contributed by atoms with van der Waals surface area (Å²) in [5.74, 6) is 1.61. The van der Waals surface area contributed by atoms with E-state index in [4.69, 9.17) is 9.47 Å². The quantitative estimate of drug-likeness (QED) is 0.730. The third kappa shape index (κ3) is 3.87. The lowest BCUT2D eigenvalue weighted by atomic mass is 10.1. The zero-order chi connectivity index (χ0) is 21.1. The summed E-state index contributed by atoms with van der Waals surface area (Å²) in [5.41, 5.74) is 0.709. The molecule has 9 heteroatoms. The smallest absolute Gasteiger partial charge is 0.228 e. The number of carbonyl (C=O) groups excluding carboxylic acids is 2. The highest BCUT2D eigenvalue weighted by Crippen LogP contribution is 2.34. The molecule has 1 unspecified atom stereocenters. The van der Waals surface area contributed by atoms with Crippen LogP contribution < -0.4 is 19.3 Å². The Kier molecular flexibility index (Phi) is 5.69. The monoisotopic (exact) mass is 411 g/mol. The first-order chi connectivity index (χ1) is 14.6. The fourth-order valence-corrected chi connectivity index (χ4v) is 3.98. The number of aromatic nitrogens is 2. The molecule has 30 heavy (non-hydrogen) atoms. The van der Waals surface area contributed by atoms with Crippen molar-refractivity contribution in [2.45, 2.75) is 6.42 Å². The molecule has 3 heterocycles. The number of anilines is 2. The molecule has 4 rings (SSSR count). The van der Waals surface area contributed by atoms with Crippen molar-refractivity contribution < 1.29 is 19.1 Å². The summed E-state index contributed by atoms with van der Waals surface area (Å²) in [4.78, 5) is 39.7. The molecule has 2 amide bonds. The number of hydrogen-bond donors (Lipinski definition) is 0. The molecule has 0 bridgehead atoms. The standard InChI is InChI=1S/C21H25N5O4/c1-29-17-4-3-16(12-18(17)30-2)26-14-15(11-20(26)27)21(28)25-9-7-24(8-10-25)19-13-22-5-6-23-19/h3-6,12-13,15H,7-11,14H2,1-2H3. The van der Waals surface area contributed by atoms with Gasteiger partial charge in [0.2, 0.25) is 11.8 Å². The minimum Gasteiger partial charge on any atom is -0.493 e. The first kappa shape index (κ1) is 19.9. The SMILES string of the molecule is COc1ccc(N2CC(C(=O)N3CCN(c4cnccn4)CC3)CC2=O)cc1OC. The second-order valence-electron chi connectivity index (χ2n) is 7.32. The second-order valence-corrected chi connectivity index (χ2v) is 7.32. The zero-order valence-electron chi connectivity index (χ0n) is 17.2. The summed E-state index contributed by atoms with van der Waals surface area (Å²) in [7, 11) is 3.12. The van der Waals surface area contributed by atoms with Crippen molar-refractivity contribution in [1.29, 1.82) is 0 Å². The second kappa shape index (κ2) is 8.56. The molecule has 1 atom stereocenters. The van der Waals surface area contributed by atoms with Crippen molar-refractivity contribution >= 4 is 23.3 Å². The highest BCUT2D eigenvalue weighted by molar-refractivity contribution is 6.00. The van der Waals surface area contributed by atoms with Crippen LogP contribution in [0.2, 0.25) is 0 Å². The van der Waals surface area contributed by atoms with Crippen LogP contribution >= 0.6 is 0 Å². The molecule has 1 aromatic carbocycles. The predicted octanol–water partition coefficient (Wildman–Crippen LogP) is 1.20. The fraction of sp³-hybridized carbons (Fsp3) is 0.429. The van der Waals surface area contributed by atoms with Crippen LogP contribution in [-0.4, -0.2) is 73.6 Å². The summed E-state index contributed by atoms with van der Waals surface area (Å²) >= 11 is 0. The van der Waals surface area contributed by atoms with Gasteiger partial charge in [-0.3, -0.25) is 14.6 Å². The largest absolute Gasteiger partial charge is 0.493 e.